The fourth-order valence-corrected chi connectivity index (χ4v) is 5.71. The molecule has 1 aromatic heterocycles. The quantitative estimate of drug-likeness (QED) is 0.471. The molecule has 3 aromatic rings. The van der Waals surface area contributed by atoms with Gasteiger partial charge < -0.3 is 19.3 Å². The minimum absolute atomic E-state index is 0.218. The molecular formula is C28H33N3O4. The maximum Gasteiger partial charge on any atom is 0.274 e. The Kier molecular flexibility index (Phi) is 6.05. The van der Waals surface area contributed by atoms with E-state index in [9.17, 15) is 4.79 Å². The van der Waals surface area contributed by atoms with Crippen molar-refractivity contribution in [2.75, 3.05) is 27.8 Å². The Hall–Kier alpha value is -3.32. The van der Waals surface area contributed by atoms with Crippen LogP contribution >= 0.6 is 0 Å². The number of nitrogens with zero attached hydrogens (tertiary/aromatic N) is 2. The Morgan fingerprint density at radius 3 is 2.49 bits per heavy atom. The first kappa shape index (κ1) is 23.4. The van der Waals surface area contributed by atoms with Gasteiger partial charge in [0, 0.05) is 24.7 Å². The Labute approximate surface area is 206 Å². The lowest BCUT2D eigenvalue weighted by atomic mass is 9.88. The van der Waals surface area contributed by atoms with Crippen LogP contribution in [0.2, 0.25) is 0 Å². The van der Waals surface area contributed by atoms with Crippen LogP contribution in [0, 0.1) is 0 Å². The number of hydrogen-bond donors (Lipinski definition) is 1. The summed E-state index contributed by atoms with van der Waals surface area (Å²) in [5.41, 5.74) is 6.37. The third kappa shape index (κ3) is 3.69. The second kappa shape index (κ2) is 9.04. The van der Waals surface area contributed by atoms with Gasteiger partial charge in [0.15, 0.2) is 11.5 Å². The van der Waals surface area contributed by atoms with E-state index in [1.807, 2.05) is 19.1 Å². The van der Waals surface area contributed by atoms with Crippen LogP contribution in [-0.4, -0.2) is 43.8 Å². The number of benzene rings is 2. The molecule has 1 N–H and O–H groups in total. The zero-order valence-corrected chi connectivity index (χ0v) is 21.3. The van der Waals surface area contributed by atoms with Gasteiger partial charge in [-0.1, -0.05) is 31.1 Å². The van der Waals surface area contributed by atoms with Crippen LogP contribution in [0.5, 0.6) is 11.5 Å². The molecule has 2 aliphatic heterocycles. The van der Waals surface area contributed by atoms with Gasteiger partial charge in [-0.3, -0.25) is 9.69 Å². The van der Waals surface area contributed by atoms with E-state index in [4.69, 9.17) is 14.0 Å². The monoisotopic (exact) mass is 475 g/mol. The molecule has 184 valence electrons. The second-order valence-electron chi connectivity index (χ2n) is 9.66. The van der Waals surface area contributed by atoms with Crippen molar-refractivity contribution in [3.63, 3.8) is 0 Å². The lowest BCUT2D eigenvalue weighted by molar-refractivity contribution is 0.0947. The third-order valence-corrected chi connectivity index (χ3v) is 7.45. The van der Waals surface area contributed by atoms with Gasteiger partial charge in [0.2, 0.25) is 0 Å². The van der Waals surface area contributed by atoms with E-state index in [1.165, 1.54) is 17.5 Å². The van der Waals surface area contributed by atoms with E-state index >= 15 is 0 Å². The van der Waals surface area contributed by atoms with Crippen LogP contribution in [0.15, 0.2) is 34.9 Å². The number of amides is 1. The topological polar surface area (TPSA) is 76.8 Å². The largest absolute Gasteiger partial charge is 0.496 e. The van der Waals surface area contributed by atoms with Crippen LogP contribution in [0.3, 0.4) is 0 Å². The second-order valence-corrected chi connectivity index (χ2v) is 9.66. The molecule has 7 heteroatoms. The molecule has 3 heterocycles. The zero-order chi connectivity index (χ0) is 24.9. The van der Waals surface area contributed by atoms with E-state index in [-0.39, 0.29) is 17.5 Å². The summed E-state index contributed by atoms with van der Waals surface area (Å²) in [5.74, 6) is 1.83. The molecule has 1 saturated heterocycles. The van der Waals surface area contributed by atoms with Gasteiger partial charge in [0.05, 0.1) is 25.3 Å². The third-order valence-electron chi connectivity index (χ3n) is 7.45. The summed E-state index contributed by atoms with van der Waals surface area (Å²) in [6.07, 6.45) is 2.35. The number of fused-ring (bicyclic) bond motifs is 5. The Morgan fingerprint density at radius 1 is 1.11 bits per heavy atom. The molecule has 2 unspecified atom stereocenters. The molecule has 0 aliphatic carbocycles. The summed E-state index contributed by atoms with van der Waals surface area (Å²) in [7, 11) is 5.47. The van der Waals surface area contributed by atoms with Crippen LogP contribution in [0.4, 0.5) is 0 Å². The maximum absolute atomic E-state index is 13.0. The van der Waals surface area contributed by atoms with Crippen molar-refractivity contribution in [1.82, 2.24) is 15.4 Å². The highest BCUT2D eigenvalue weighted by atomic mass is 16.5. The molecular weight excluding hydrogens is 442 g/mol. The van der Waals surface area contributed by atoms with Crippen molar-refractivity contribution >= 4 is 5.91 Å². The van der Waals surface area contributed by atoms with Crippen molar-refractivity contribution in [2.45, 2.75) is 51.6 Å². The van der Waals surface area contributed by atoms with Crippen molar-refractivity contribution in [2.24, 2.45) is 0 Å². The highest BCUT2D eigenvalue weighted by Crippen LogP contribution is 2.53. The van der Waals surface area contributed by atoms with Gasteiger partial charge in [-0.15, -0.1) is 0 Å². The normalized spacial score (nSPS) is 18.7. The molecule has 2 atom stereocenters. The summed E-state index contributed by atoms with van der Waals surface area (Å²) in [6.45, 7) is 6.62. The highest BCUT2D eigenvalue weighted by Gasteiger charge is 2.42. The van der Waals surface area contributed by atoms with Gasteiger partial charge in [0.1, 0.15) is 11.5 Å². The average Bonchev–Trinajstić information content (AvgIpc) is 3.54. The highest BCUT2D eigenvalue weighted by molar-refractivity contribution is 6.02. The molecule has 2 bridgehead atoms. The van der Waals surface area contributed by atoms with Crippen LogP contribution in [-0.2, 0) is 0 Å². The van der Waals surface area contributed by atoms with E-state index < -0.39 is 0 Å². The van der Waals surface area contributed by atoms with Crippen LogP contribution in [0.1, 0.15) is 78.8 Å². The lowest BCUT2D eigenvalue weighted by Gasteiger charge is -2.17. The van der Waals surface area contributed by atoms with Crippen LogP contribution < -0.4 is 14.8 Å². The number of ether oxygens (including phenoxy) is 2. The first-order chi connectivity index (χ1) is 16.9. The number of carbonyl (C=O) groups is 1. The van der Waals surface area contributed by atoms with Gasteiger partial charge in [-0.25, -0.2) is 0 Å². The van der Waals surface area contributed by atoms with Crippen molar-refractivity contribution in [3.05, 3.63) is 52.7 Å². The Balaban J connectivity index is 1.72. The SMILES string of the molecule is CCNC(=O)c1noc(-c2cc(C(C)C)c(OC)cc2OC)c1-c1ccc2c(c1)C1CCC2N1C. The van der Waals surface area contributed by atoms with Gasteiger partial charge in [0.25, 0.3) is 5.91 Å². The summed E-state index contributed by atoms with van der Waals surface area (Å²) in [4.78, 5) is 15.5. The van der Waals surface area contributed by atoms with Crippen molar-refractivity contribution in [1.29, 1.82) is 0 Å². The van der Waals surface area contributed by atoms with E-state index in [0.717, 1.165) is 28.9 Å². The minimum atomic E-state index is -0.256. The number of aromatic nitrogens is 1. The van der Waals surface area contributed by atoms with E-state index in [2.05, 4.69) is 54.5 Å². The number of hydrogen-bond acceptors (Lipinski definition) is 6. The van der Waals surface area contributed by atoms with Crippen LogP contribution in [0.25, 0.3) is 22.5 Å². The van der Waals surface area contributed by atoms with Crippen molar-refractivity contribution in [3.8, 4) is 33.9 Å². The zero-order valence-electron chi connectivity index (χ0n) is 21.3. The summed E-state index contributed by atoms with van der Waals surface area (Å²) < 4.78 is 17.3. The summed E-state index contributed by atoms with van der Waals surface area (Å²) >= 11 is 0. The number of rotatable bonds is 7. The molecule has 7 nitrogen and oxygen atoms in total. The van der Waals surface area contributed by atoms with Crippen molar-refractivity contribution < 1.29 is 18.8 Å². The molecule has 0 saturated carbocycles. The molecule has 5 rings (SSSR count). The first-order valence-electron chi connectivity index (χ1n) is 12.3. The predicted octanol–water partition coefficient (Wildman–Crippen LogP) is 5.72. The standard InChI is InChI=1S/C28H33N3O4/c1-7-29-28(32)26-25(16-8-9-17-19(12-16)22-11-10-21(17)31(22)4)27(35-30-26)20-13-18(15(2)3)23(33-5)14-24(20)34-6/h8-9,12-15,21-22H,7,10-11H2,1-6H3,(H,29,32). The number of carbonyl (C=O) groups excluding carboxylic acids is 1. The van der Waals surface area contributed by atoms with E-state index in [1.54, 1.807) is 14.2 Å². The number of nitrogens with one attached hydrogen (secondary N) is 1. The molecule has 2 aromatic carbocycles. The summed E-state index contributed by atoms with van der Waals surface area (Å²) in [5, 5.41) is 7.13. The van der Waals surface area contributed by atoms with Gasteiger partial charge >= 0.3 is 0 Å². The molecule has 2 aliphatic rings. The molecule has 1 fully saturated rings. The molecule has 0 radical (unpaired) electrons. The van der Waals surface area contributed by atoms with E-state index in [0.29, 0.717) is 35.7 Å². The molecule has 0 spiro atoms. The lowest BCUT2D eigenvalue weighted by Crippen LogP contribution is -2.23. The molecule has 1 amide bonds. The molecule has 35 heavy (non-hydrogen) atoms. The average molecular weight is 476 g/mol. The minimum Gasteiger partial charge on any atom is -0.496 e. The first-order valence-corrected chi connectivity index (χ1v) is 12.3. The summed E-state index contributed by atoms with van der Waals surface area (Å²) in [6, 6.07) is 11.3. The Bertz CT molecular complexity index is 1280. The fourth-order valence-electron chi connectivity index (χ4n) is 5.71. The predicted molar refractivity (Wildman–Crippen MR) is 135 cm³/mol. The number of methoxy groups -OCH3 is 2. The van der Waals surface area contributed by atoms with Gasteiger partial charge in [-0.2, -0.15) is 0 Å². The fraction of sp³-hybridized carbons (Fsp3) is 0.429. The smallest absolute Gasteiger partial charge is 0.274 e. The van der Waals surface area contributed by atoms with Gasteiger partial charge in [-0.05, 0) is 67.1 Å². The Morgan fingerprint density at radius 2 is 1.83 bits per heavy atom. The maximum atomic E-state index is 13.0.